The average molecular weight is 266 g/mol. The molecule has 0 amide bonds. The van der Waals surface area contributed by atoms with Gasteiger partial charge in [0.2, 0.25) is 5.95 Å². The van der Waals surface area contributed by atoms with Gasteiger partial charge in [0.25, 0.3) is 0 Å². The Morgan fingerprint density at radius 3 is 3.05 bits per heavy atom. The lowest BCUT2D eigenvalue weighted by Crippen LogP contribution is -2.43. The van der Waals surface area contributed by atoms with Crippen LogP contribution in [0.25, 0.3) is 0 Å². The van der Waals surface area contributed by atoms with Gasteiger partial charge in [-0.15, -0.1) is 0 Å². The molecule has 1 aromatic rings. The lowest BCUT2D eigenvalue weighted by Gasteiger charge is -2.35. The van der Waals surface area contributed by atoms with Crippen LogP contribution in [0, 0.1) is 5.92 Å². The number of nitrogens with one attached hydrogen (secondary N) is 1. The molecule has 2 heterocycles. The third kappa shape index (κ3) is 3.48. The second kappa shape index (κ2) is 6.39. The van der Waals surface area contributed by atoms with E-state index in [1.165, 1.54) is 6.42 Å². The van der Waals surface area contributed by atoms with E-state index in [1.807, 2.05) is 12.4 Å². The molecule has 1 saturated heterocycles. The van der Waals surface area contributed by atoms with Crippen molar-refractivity contribution in [1.29, 1.82) is 0 Å². The van der Waals surface area contributed by atoms with Crippen LogP contribution in [0.5, 0.6) is 0 Å². The Bertz CT molecular complexity index is 393. The third-order valence-electron chi connectivity index (χ3n) is 3.97. The summed E-state index contributed by atoms with van der Waals surface area (Å²) in [6.45, 7) is 7.45. The van der Waals surface area contributed by atoms with Gasteiger partial charge in [-0.2, -0.15) is 0 Å². The molecule has 5 nitrogen and oxygen atoms in total. The summed E-state index contributed by atoms with van der Waals surface area (Å²) in [5.41, 5.74) is 0. The predicted octanol–water partition coefficient (Wildman–Crippen LogP) is 1.84. The maximum Gasteiger partial charge on any atom is 0.203 e. The summed E-state index contributed by atoms with van der Waals surface area (Å²) in [4.78, 5) is 6.84. The van der Waals surface area contributed by atoms with Gasteiger partial charge in [-0.25, -0.2) is 4.98 Å². The molecule has 1 aliphatic rings. The normalized spacial score (nSPS) is 26.3. The summed E-state index contributed by atoms with van der Waals surface area (Å²) in [6.07, 6.45) is 5.04. The first-order chi connectivity index (χ1) is 9.11. The van der Waals surface area contributed by atoms with Crippen LogP contribution in [0.2, 0.25) is 0 Å². The lowest BCUT2D eigenvalue weighted by molar-refractivity contribution is 0.162. The number of hydrogen-bond donors (Lipinski definition) is 1. The summed E-state index contributed by atoms with van der Waals surface area (Å²) in [5.74, 6) is 1.60. The number of hydrogen-bond acceptors (Lipinski definition) is 4. The molecule has 2 rings (SSSR count). The number of imidazole rings is 1. The Kier molecular flexibility index (Phi) is 4.82. The van der Waals surface area contributed by atoms with E-state index >= 15 is 0 Å². The minimum absolute atomic E-state index is 0.302. The number of piperidine rings is 1. The number of ether oxygens (including phenoxy) is 1. The van der Waals surface area contributed by atoms with Crippen molar-refractivity contribution >= 4 is 5.95 Å². The molecule has 108 valence electrons. The molecule has 0 aliphatic carbocycles. The maximum absolute atomic E-state index is 5.22. The van der Waals surface area contributed by atoms with Gasteiger partial charge in [-0.1, -0.05) is 6.92 Å². The summed E-state index contributed by atoms with van der Waals surface area (Å²) in [7, 11) is 3.92. The molecule has 3 atom stereocenters. The molecule has 0 spiro atoms. The van der Waals surface area contributed by atoms with Crippen molar-refractivity contribution in [2.24, 2.45) is 5.92 Å². The first-order valence-corrected chi connectivity index (χ1v) is 7.08. The minimum atomic E-state index is 0.302. The first-order valence-electron chi connectivity index (χ1n) is 7.08. The highest BCUT2D eigenvalue weighted by atomic mass is 16.5. The summed E-state index contributed by atoms with van der Waals surface area (Å²) in [5, 5.41) is 3.61. The molecule has 3 unspecified atom stereocenters. The molecule has 0 saturated carbocycles. The molecule has 5 heteroatoms. The summed E-state index contributed by atoms with van der Waals surface area (Å²) >= 11 is 0. The second-order valence-electron chi connectivity index (χ2n) is 5.74. The number of methoxy groups -OCH3 is 1. The highest BCUT2D eigenvalue weighted by Crippen LogP contribution is 2.21. The Morgan fingerprint density at radius 2 is 2.37 bits per heavy atom. The van der Waals surface area contributed by atoms with Gasteiger partial charge in [-0.05, 0) is 32.9 Å². The van der Waals surface area contributed by atoms with Gasteiger partial charge in [0.05, 0.1) is 12.6 Å². The van der Waals surface area contributed by atoms with Crippen LogP contribution >= 0.6 is 0 Å². The maximum atomic E-state index is 5.22. The van der Waals surface area contributed by atoms with E-state index in [0.717, 1.165) is 19.0 Å². The van der Waals surface area contributed by atoms with Gasteiger partial charge in [0.15, 0.2) is 0 Å². The Morgan fingerprint density at radius 1 is 1.58 bits per heavy atom. The van der Waals surface area contributed by atoms with Crippen LogP contribution in [-0.2, 0) is 4.74 Å². The number of rotatable bonds is 5. The average Bonchev–Trinajstić information content (AvgIpc) is 2.81. The van der Waals surface area contributed by atoms with Crippen LogP contribution in [0.3, 0.4) is 0 Å². The van der Waals surface area contributed by atoms with Gasteiger partial charge < -0.3 is 19.5 Å². The van der Waals surface area contributed by atoms with Crippen molar-refractivity contribution in [3.05, 3.63) is 12.4 Å². The van der Waals surface area contributed by atoms with Gasteiger partial charge in [0.1, 0.15) is 0 Å². The van der Waals surface area contributed by atoms with Crippen LogP contribution in [0.4, 0.5) is 5.95 Å². The van der Waals surface area contributed by atoms with E-state index in [9.17, 15) is 0 Å². The Balaban J connectivity index is 2.01. The van der Waals surface area contributed by atoms with Crippen molar-refractivity contribution < 1.29 is 4.74 Å². The smallest absolute Gasteiger partial charge is 0.203 e. The molecule has 0 radical (unpaired) electrons. The van der Waals surface area contributed by atoms with Crippen molar-refractivity contribution in [2.75, 3.05) is 39.2 Å². The fraction of sp³-hybridized carbons (Fsp3) is 0.786. The largest absolute Gasteiger partial charge is 0.383 e. The third-order valence-corrected chi connectivity index (χ3v) is 3.97. The Labute approximate surface area is 116 Å². The minimum Gasteiger partial charge on any atom is -0.383 e. The summed E-state index contributed by atoms with van der Waals surface area (Å²) < 4.78 is 7.39. The van der Waals surface area contributed by atoms with E-state index in [1.54, 1.807) is 7.11 Å². The zero-order valence-electron chi connectivity index (χ0n) is 12.5. The highest BCUT2D eigenvalue weighted by Gasteiger charge is 2.25. The molecular formula is C14H26N4O. The highest BCUT2D eigenvalue weighted by molar-refractivity contribution is 5.29. The molecule has 19 heavy (non-hydrogen) atoms. The van der Waals surface area contributed by atoms with E-state index in [0.29, 0.717) is 24.6 Å². The molecule has 0 bridgehead atoms. The van der Waals surface area contributed by atoms with Crippen molar-refractivity contribution in [1.82, 2.24) is 14.5 Å². The molecule has 1 N–H and O–H groups in total. The quantitative estimate of drug-likeness (QED) is 0.883. The summed E-state index contributed by atoms with van der Waals surface area (Å²) in [6, 6.07) is 0.809. The van der Waals surface area contributed by atoms with Crippen LogP contribution in [-0.4, -0.2) is 54.3 Å². The van der Waals surface area contributed by atoms with Crippen molar-refractivity contribution in [3.63, 3.8) is 0 Å². The van der Waals surface area contributed by atoms with Gasteiger partial charge in [-0.3, -0.25) is 0 Å². The molecule has 1 fully saturated rings. The number of anilines is 1. The molecule has 1 aromatic heterocycles. The fourth-order valence-electron chi connectivity index (χ4n) is 2.84. The van der Waals surface area contributed by atoms with Crippen molar-refractivity contribution in [2.45, 2.75) is 32.4 Å². The van der Waals surface area contributed by atoms with Crippen molar-refractivity contribution in [3.8, 4) is 0 Å². The number of likely N-dealkylation sites (tertiary alicyclic amines) is 1. The van der Waals surface area contributed by atoms with Crippen LogP contribution in [0.15, 0.2) is 12.4 Å². The monoisotopic (exact) mass is 266 g/mol. The van der Waals surface area contributed by atoms with Gasteiger partial charge >= 0.3 is 0 Å². The standard InChI is InChI=1S/C14H26N4O/c1-11-9-17(3)7-5-13(11)16-14-15-6-8-18(14)12(2)10-19-4/h6,8,11-13H,5,7,9-10H2,1-4H3,(H,15,16). The predicted molar refractivity (Wildman–Crippen MR) is 77.5 cm³/mol. The van der Waals surface area contributed by atoms with Crippen LogP contribution < -0.4 is 5.32 Å². The van der Waals surface area contributed by atoms with E-state index in [-0.39, 0.29) is 0 Å². The molecule has 1 aliphatic heterocycles. The number of aromatic nitrogens is 2. The van der Waals surface area contributed by atoms with Gasteiger partial charge in [0, 0.05) is 32.1 Å². The molecule has 0 aromatic carbocycles. The zero-order valence-corrected chi connectivity index (χ0v) is 12.5. The second-order valence-corrected chi connectivity index (χ2v) is 5.74. The fourth-order valence-corrected chi connectivity index (χ4v) is 2.84. The lowest BCUT2D eigenvalue weighted by atomic mass is 9.94. The number of nitrogens with zero attached hydrogens (tertiary/aromatic N) is 3. The van der Waals surface area contributed by atoms with Crippen LogP contribution in [0.1, 0.15) is 26.3 Å². The van der Waals surface area contributed by atoms with E-state index in [2.05, 4.69) is 40.7 Å². The first kappa shape index (κ1) is 14.3. The molecular weight excluding hydrogens is 240 g/mol. The van der Waals surface area contributed by atoms with E-state index < -0.39 is 0 Å². The topological polar surface area (TPSA) is 42.3 Å². The Hall–Kier alpha value is -1.07. The zero-order chi connectivity index (χ0) is 13.8. The van der Waals surface area contributed by atoms with E-state index in [4.69, 9.17) is 4.74 Å². The SMILES string of the molecule is COCC(C)n1ccnc1NC1CCN(C)CC1C.